The van der Waals surface area contributed by atoms with Gasteiger partial charge < -0.3 is 5.73 Å². The monoisotopic (exact) mass is 199 g/mol. The molecule has 0 aliphatic heterocycles. The van der Waals surface area contributed by atoms with Gasteiger partial charge in [0.25, 0.3) is 0 Å². The van der Waals surface area contributed by atoms with Crippen LogP contribution in [0, 0.1) is 18.3 Å². The van der Waals surface area contributed by atoms with Crippen LogP contribution < -0.4 is 5.73 Å². The van der Waals surface area contributed by atoms with Gasteiger partial charge in [-0.15, -0.1) is 0 Å². The smallest absolute Gasteiger partial charge is 0.154 e. The molecule has 0 amide bonds. The van der Waals surface area contributed by atoms with Gasteiger partial charge in [-0.3, -0.25) is 0 Å². The Morgan fingerprint density at radius 1 is 1.47 bits per heavy atom. The van der Waals surface area contributed by atoms with Crippen molar-refractivity contribution in [2.75, 3.05) is 5.73 Å². The molecule has 0 aromatic carbocycles. The van der Waals surface area contributed by atoms with Gasteiger partial charge in [0, 0.05) is 11.8 Å². The molecule has 0 saturated heterocycles. The Labute approximate surface area is 86.8 Å². The number of hydrogen-bond acceptors (Lipinski definition) is 4. The topological polar surface area (TPSA) is 80.5 Å². The molecule has 0 saturated carbocycles. The van der Waals surface area contributed by atoms with Gasteiger partial charge in [0.1, 0.15) is 0 Å². The van der Waals surface area contributed by atoms with Crippen LogP contribution >= 0.6 is 0 Å². The van der Waals surface area contributed by atoms with Crippen molar-refractivity contribution in [2.45, 2.75) is 6.92 Å². The van der Waals surface area contributed by atoms with Gasteiger partial charge >= 0.3 is 0 Å². The van der Waals surface area contributed by atoms with E-state index in [2.05, 4.69) is 16.2 Å². The van der Waals surface area contributed by atoms with Crippen molar-refractivity contribution in [1.29, 1.82) is 5.26 Å². The van der Waals surface area contributed by atoms with E-state index in [0.29, 0.717) is 17.1 Å². The van der Waals surface area contributed by atoms with E-state index in [9.17, 15) is 0 Å². The largest absolute Gasteiger partial charge is 0.396 e. The summed E-state index contributed by atoms with van der Waals surface area (Å²) in [7, 11) is 0. The second-order valence-corrected chi connectivity index (χ2v) is 3.19. The van der Waals surface area contributed by atoms with Crippen molar-refractivity contribution in [3.05, 3.63) is 35.8 Å². The summed E-state index contributed by atoms with van der Waals surface area (Å²) in [6.07, 6.45) is 3.19. The van der Waals surface area contributed by atoms with Gasteiger partial charge in [0.15, 0.2) is 5.82 Å². The first kappa shape index (κ1) is 9.21. The van der Waals surface area contributed by atoms with E-state index in [0.717, 1.165) is 5.69 Å². The molecule has 0 aliphatic rings. The molecule has 74 valence electrons. The normalized spacial score (nSPS) is 9.87. The van der Waals surface area contributed by atoms with E-state index in [-0.39, 0.29) is 0 Å². The van der Waals surface area contributed by atoms with Crippen LogP contribution in [0.15, 0.2) is 24.5 Å². The maximum atomic E-state index is 8.81. The predicted octanol–water partition coefficient (Wildman–Crippen LogP) is 1.03. The van der Waals surface area contributed by atoms with Gasteiger partial charge in [-0.1, -0.05) is 0 Å². The maximum absolute atomic E-state index is 8.81. The number of aryl methyl sites for hydroxylation is 1. The summed E-state index contributed by atoms with van der Waals surface area (Å²) in [5, 5.41) is 12.8. The van der Waals surface area contributed by atoms with E-state index in [1.165, 1.54) is 6.20 Å². The molecule has 2 aromatic heterocycles. The van der Waals surface area contributed by atoms with Gasteiger partial charge in [-0.05, 0) is 13.0 Å². The van der Waals surface area contributed by atoms with Crippen molar-refractivity contribution < 1.29 is 0 Å². The number of anilines is 1. The van der Waals surface area contributed by atoms with Crippen LogP contribution in [0.3, 0.4) is 0 Å². The highest BCUT2D eigenvalue weighted by molar-refractivity contribution is 5.40. The summed E-state index contributed by atoms with van der Waals surface area (Å²) in [5.41, 5.74) is 7.45. The lowest BCUT2D eigenvalue weighted by Gasteiger charge is -2.01. The number of nitrogens with two attached hydrogens (primary N) is 1. The molecule has 2 aromatic rings. The number of pyridine rings is 1. The Kier molecular flexibility index (Phi) is 2.10. The molecule has 0 atom stereocenters. The maximum Gasteiger partial charge on any atom is 0.154 e. The minimum atomic E-state index is 0.562. The molecule has 0 fully saturated rings. The molecule has 0 bridgehead atoms. The van der Waals surface area contributed by atoms with E-state index < -0.39 is 0 Å². The van der Waals surface area contributed by atoms with Gasteiger partial charge in [0.05, 0.1) is 29.7 Å². The summed E-state index contributed by atoms with van der Waals surface area (Å²) in [4.78, 5) is 4.26. The molecular weight excluding hydrogens is 190 g/mol. The molecule has 15 heavy (non-hydrogen) atoms. The summed E-state index contributed by atoms with van der Waals surface area (Å²) < 4.78 is 1.54. The van der Waals surface area contributed by atoms with Crippen LogP contribution in [0.25, 0.3) is 5.82 Å². The third-order valence-corrected chi connectivity index (χ3v) is 1.91. The Hall–Kier alpha value is -2.35. The molecule has 0 spiro atoms. The average molecular weight is 199 g/mol. The molecule has 5 nitrogen and oxygen atoms in total. The molecule has 5 heteroatoms. The third kappa shape index (κ3) is 1.79. The highest BCUT2D eigenvalue weighted by Crippen LogP contribution is 2.10. The number of nitrogen functional groups attached to an aromatic ring is 1. The van der Waals surface area contributed by atoms with E-state index in [4.69, 9.17) is 11.0 Å². The summed E-state index contributed by atoms with van der Waals surface area (Å²) in [6.45, 7) is 1.83. The summed E-state index contributed by atoms with van der Waals surface area (Å²) in [5.74, 6) is 0.600. The fraction of sp³-hybridized carbons (Fsp3) is 0.100. The molecule has 0 radical (unpaired) electrons. The highest BCUT2D eigenvalue weighted by Gasteiger charge is 2.03. The standard InChI is InChI=1S/C10H9N5/c1-7-2-8(4-11)3-10(14-7)15-6-9(12)5-13-15/h2-3,5-6H,12H2,1H3. The first-order valence-corrected chi connectivity index (χ1v) is 4.38. The van der Waals surface area contributed by atoms with Crippen LogP contribution in [0.2, 0.25) is 0 Å². The van der Waals surface area contributed by atoms with Gasteiger partial charge in [-0.25, -0.2) is 9.67 Å². The van der Waals surface area contributed by atoms with Gasteiger partial charge in [0.2, 0.25) is 0 Å². The highest BCUT2D eigenvalue weighted by atomic mass is 15.3. The number of hydrogen-bond donors (Lipinski definition) is 1. The molecular formula is C10H9N5. The lowest BCUT2D eigenvalue weighted by molar-refractivity contribution is 0.840. The first-order valence-electron chi connectivity index (χ1n) is 4.38. The predicted molar refractivity (Wildman–Crippen MR) is 55.2 cm³/mol. The van der Waals surface area contributed by atoms with Crippen LogP contribution in [0.5, 0.6) is 0 Å². The molecule has 0 unspecified atom stereocenters. The second kappa shape index (κ2) is 3.42. The SMILES string of the molecule is Cc1cc(C#N)cc(-n2cc(N)cn2)n1. The molecule has 0 aliphatic carbocycles. The lowest BCUT2D eigenvalue weighted by Crippen LogP contribution is -2.00. The average Bonchev–Trinajstić information content (AvgIpc) is 2.64. The van der Waals surface area contributed by atoms with E-state index >= 15 is 0 Å². The number of aromatic nitrogens is 3. The zero-order valence-electron chi connectivity index (χ0n) is 8.18. The van der Waals surface area contributed by atoms with Crippen molar-refractivity contribution in [2.24, 2.45) is 0 Å². The van der Waals surface area contributed by atoms with E-state index in [1.807, 2.05) is 6.92 Å². The van der Waals surface area contributed by atoms with Crippen molar-refractivity contribution in [1.82, 2.24) is 14.8 Å². The van der Waals surface area contributed by atoms with Gasteiger partial charge in [-0.2, -0.15) is 10.4 Å². The fourth-order valence-electron chi connectivity index (χ4n) is 1.29. The number of nitrogens with zero attached hydrogens (tertiary/aromatic N) is 4. The van der Waals surface area contributed by atoms with Crippen LogP contribution in [-0.4, -0.2) is 14.8 Å². The van der Waals surface area contributed by atoms with Crippen molar-refractivity contribution >= 4 is 5.69 Å². The first-order chi connectivity index (χ1) is 7.19. The zero-order chi connectivity index (χ0) is 10.8. The summed E-state index contributed by atoms with van der Waals surface area (Å²) in [6, 6.07) is 5.46. The molecule has 2 heterocycles. The number of nitriles is 1. The van der Waals surface area contributed by atoms with Crippen LogP contribution in [-0.2, 0) is 0 Å². The van der Waals surface area contributed by atoms with Crippen LogP contribution in [0.4, 0.5) is 5.69 Å². The quantitative estimate of drug-likeness (QED) is 0.743. The zero-order valence-corrected chi connectivity index (χ0v) is 8.18. The Bertz CT molecular complexity index is 535. The lowest BCUT2D eigenvalue weighted by atomic mass is 10.2. The fourth-order valence-corrected chi connectivity index (χ4v) is 1.29. The summed E-state index contributed by atoms with van der Waals surface area (Å²) >= 11 is 0. The van der Waals surface area contributed by atoms with Crippen molar-refractivity contribution in [3.8, 4) is 11.9 Å². The Morgan fingerprint density at radius 3 is 2.87 bits per heavy atom. The Balaban J connectivity index is 2.54. The molecule has 2 N–H and O–H groups in total. The minimum absolute atomic E-state index is 0.562. The second-order valence-electron chi connectivity index (χ2n) is 3.19. The minimum Gasteiger partial charge on any atom is -0.396 e. The third-order valence-electron chi connectivity index (χ3n) is 1.91. The molecule has 2 rings (SSSR count). The number of rotatable bonds is 1. The Morgan fingerprint density at radius 2 is 2.27 bits per heavy atom. The van der Waals surface area contributed by atoms with E-state index in [1.54, 1.807) is 23.0 Å². The van der Waals surface area contributed by atoms with Crippen LogP contribution in [0.1, 0.15) is 11.3 Å². The van der Waals surface area contributed by atoms with Crippen molar-refractivity contribution in [3.63, 3.8) is 0 Å².